The van der Waals surface area contributed by atoms with Gasteiger partial charge in [-0.2, -0.15) is 0 Å². The Morgan fingerprint density at radius 3 is 2.21 bits per heavy atom. The van der Waals surface area contributed by atoms with Gasteiger partial charge in [0.05, 0.1) is 13.2 Å². The topological polar surface area (TPSA) is 30.5 Å². The van der Waals surface area contributed by atoms with Gasteiger partial charge in [-0.25, -0.2) is 0 Å². The molecule has 1 rings (SSSR count). The van der Waals surface area contributed by atoms with E-state index in [2.05, 4.69) is 19.2 Å². The molecule has 0 spiro atoms. The summed E-state index contributed by atoms with van der Waals surface area (Å²) in [4.78, 5) is 0. The van der Waals surface area contributed by atoms with E-state index in [1.165, 1.54) is 0 Å². The first-order valence-electron chi connectivity index (χ1n) is 6.93. The number of hydrogen-bond acceptors (Lipinski definition) is 3. The first kappa shape index (κ1) is 16.1. The lowest BCUT2D eigenvalue weighted by molar-refractivity contribution is 0.287. The fraction of sp³-hybridized carbons (Fsp3) is 0.600. The van der Waals surface area contributed by atoms with Crippen LogP contribution in [-0.4, -0.2) is 19.3 Å². The third-order valence-corrected chi connectivity index (χ3v) is 3.32. The van der Waals surface area contributed by atoms with Crippen molar-refractivity contribution in [3.05, 3.63) is 22.7 Å². The molecule has 0 aromatic heterocycles. The largest absolute Gasteiger partial charge is 0.490 e. The van der Waals surface area contributed by atoms with E-state index < -0.39 is 0 Å². The molecule has 108 valence electrons. The summed E-state index contributed by atoms with van der Waals surface area (Å²) >= 11 is 6.29. The minimum atomic E-state index is 0.471. The van der Waals surface area contributed by atoms with Crippen molar-refractivity contribution in [3.63, 3.8) is 0 Å². The van der Waals surface area contributed by atoms with E-state index in [-0.39, 0.29) is 0 Å². The molecule has 0 radical (unpaired) electrons. The fourth-order valence-corrected chi connectivity index (χ4v) is 1.90. The SMILES string of the molecule is CCOc1cc(Cl)c(CNC(C)CC)cc1OCC. The van der Waals surface area contributed by atoms with E-state index in [0.29, 0.717) is 30.0 Å². The molecule has 1 N–H and O–H groups in total. The van der Waals surface area contributed by atoms with Crippen LogP contribution in [0.4, 0.5) is 0 Å². The van der Waals surface area contributed by atoms with Gasteiger partial charge in [-0.15, -0.1) is 0 Å². The predicted octanol–water partition coefficient (Wildman–Crippen LogP) is 4.03. The lowest BCUT2D eigenvalue weighted by atomic mass is 10.1. The number of halogens is 1. The van der Waals surface area contributed by atoms with Gasteiger partial charge in [0, 0.05) is 23.7 Å². The standard InChI is InChI=1S/C15H24ClNO2/c1-5-11(4)17-10-12-8-14(18-6-2)15(19-7-3)9-13(12)16/h8-9,11,17H,5-7,10H2,1-4H3. The Bertz CT molecular complexity index is 396. The number of ether oxygens (including phenoxy) is 2. The van der Waals surface area contributed by atoms with Crippen LogP contribution in [0.3, 0.4) is 0 Å². The van der Waals surface area contributed by atoms with Gasteiger partial charge in [0.15, 0.2) is 11.5 Å². The molecule has 0 bridgehead atoms. The lowest BCUT2D eigenvalue weighted by Gasteiger charge is -2.16. The molecule has 0 heterocycles. The molecule has 19 heavy (non-hydrogen) atoms. The van der Waals surface area contributed by atoms with E-state index in [0.717, 1.165) is 24.3 Å². The second kappa shape index (κ2) is 8.28. The van der Waals surface area contributed by atoms with Crippen LogP contribution >= 0.6 is 11.6 Å². The Morgan fingerprint density at radius 2 is 1.68 bits per heavy atom. The summed E-state index contributed by atoms with van der Waals surface area (Å²) in [7, 11) is 0. The summed E-state index contributed by atoms with van der Waals surface area (Å²) in [5.74, 6) is 1.47. The monoisotopic (exact) mass is 285 g/mol. The third kappa shape index (κ3) is 4.92. The maximum atomic E-state index is 6.29. The van der Waals surface area contributed by atoms with Gasteiger partial charge in [-0.05, 0) is 38.8 Å². The molecule has 0 amide bonds. The normalized spacial score (nSPS) is 12.3. The summed E-state index contributed by atoms with van der Waals surface area (Å²) in [6.45, 7) is 10.2. The molecule has 0 aliphatic carbocycles. The molecule has 0 aliphatic rings. The smallest absolute Gasteiger partial charge is 0.162 e. The van der Waals surface area contributed by atoms with Gasteiger partial charge in [0.1, 0.15) is 0 Å². The maximum Gasteiger partial charge on any atom is 0.162 e. The third-order valence-electron chi connectivity index (χ3n) is 2.97. The summed E-state index contributed by atoms with van der Waals surface area (Å²) in [5, 5.41) is 4.14. The molecule has 4 heteroatoms. The molecule has 1 unspecified atom stereocenters. The van der Waals surface area contributed by atoms with Crippen molar-refractivity contribution in [2.45, 2.75) is 46.7 Å². The molecule has 1 aromatic rings. The molecule has 1 aromatic carbocycles. The minimum Gasteiger partial charge on any atom is -0.490 e. The Hall–Kier alpha value is -0.930. The Labute approximate surface area is 121 Å². The quantitative estimate of drug-likeness (QED) is 0.782. The molecular formula is C15H24ClNO2. The highest BCUT2D eigenvalue weighted by Crippen LogP contribution is 2.33. The average molecular weight is 286 g/mol. The van der Waals surface area contributed by atoms with Gasteiger partial charge >= 0.3 is 0 Å². The maximum absolute atomic E-state index is 6.29. The van der Waals surface area contributed by atoms with Crippen LogP contribution in [0.2, 0.25) is 5.02 Å². The van der Waals surface area contributed by atoms with Crippen molar-refractivity contribution in [2.75, 3.05) is 13.2 Å². The Balaban J connectivity index is 2.89. The molecule has 0 fully saturated rings. The number of hydrogen-bond donors (Lipinski definition) is 1. The van der Waals surface area contributed by atoms with E-state index in [1.807, 2.05) is 26.0 Å². The van der Waals surface area contributed by atoms with E-state index >= 15 is 0 Å². The van der Waals surface area contributed by atoms with Gasteiger partial charge < -0.3 is 14.8 Å². The van der Waals surface area contributed by atoms with Gasteiger partial charge in [0.25, 0.3) is 0 Å². The van der Waals surface area contributed by atoms with Gasteiger partial charge in [-0.1, -0.05) is 18.5 Å². The summed E-state index contributed by atoms with van der Waals surface area (Å²) in [6.07, 6.45) is 1.09. The number of nitrogens with one attached hydrogen (secondary N) is 1. The Kier molecular flexibility index (Phi) is 7.03. The first-order valence-corrected chi connectivity index (χ1v) is 7.31. The highest BCUT2D eigenvalue weighted by Gasteiger charge is 2.11. The first-order chi connectivity index (χ1) is 9.12. The van der Waals surface area contributed by atoms with Crippen LogP contribution in [-0.2, 0) is 6.54 Å². The van der Waals surface area contributed by atoms with Crippen LogP contribution in [0, 0.1) is 0 Å². The summed E-state index contributed by atoms with van der Waals surface area (Å²) in [6, 6.07) is 4.27. The second-order valence-corrected chi connectivity index (χ2v) is 4.85. The lowest BCUT2D eigenvalue weighted by Crippen LogP contribution is -2.24. The minimum absolute atomic E-state index is 0.471. The van der Waals surface area contributed by atoms with Crippen molar-refractivity contribution < 1.29 is 9.47 Å². The van der Waals surface area contributed by atoms with Crippen molar-refractivity contribution in [2.24, 2.45) is 0 Å². The number of rotatable bonds is 8. The molecular weight excluding hydrogens is 262 g/mol. The van der Waals surface area contributed by atoms with Crippen LogP contribution in [0.1, 0.15) is 39.7 Å². The highest BCUT2D eigenvalue weighted by atomic mass is 35.5. The molecule has 0 saturated carbocycles. The van der Waals surface area contributed by atoms with Crippen molar-refractivity contribution in [1.82, 2.24) is 5.32 Å². The summed E-state index contributed by atoms with van der Waals surface area (Å²) < 4.78 is 11.1. The number of benzene rings is 1. The van der Waals surface area contributed by atoms with Crippen molar-refractivity contribution in [3.8, 4) is 11.5 Å². The van der Waals surface area contributed by atoms with Crippen LogP contribution in [0.25, 0.3) is 0 Å². The average Bonchev–Trinajstić information content (AvgIpc) is 2.40. The molecule has 0 aliphatic heterocycles. The Morgan fingerprint density at radius 1 is 1.11 bits per heavy atom. The highest BCUT2D eigenvalue weighted by molar-refractivity contribution is 6.31. The van der Waals surface area contributed by atoms with Crippen LogP contribution in [0.15, 0.2) is 12.1 Å². The van der Waals surface area contributed by atoms with Crippen molar-refractivity contribution >= 4 is 11.6 Å². The van der Waals surface area contributed by atoms with Crippen LogP contribution < -0.4 is 14.8 Å². The molecule has 3 nitrogen and oxygen atoms in total. The molecule has 1 atom stereocenters. The fourth-order valence-electron chi connectivity index (χ4n) is 1.68. The summed E-state index contributed by atoms with van der Waals surface area (Å²) in [5.41, 5.74) is 1.04. The van der Waals surface area contributed by atoms with Crippen LogP contribution in [0.5, 0.6) is 11.5 Å². The second-order valence-electron chi connectivity index (χ2n) is 4.45. The van der Waals surface area contributed by atoms with Gasteiger partial charge in [-0.3, -0.25) is 0 Å². The van der Waals surface area contributed by atoms with E-state index in [9.17, 15) is 0 Å². The van der Waals surface area contributed by atoms with Crippen molar-refractivity contribution in [1.29, 1.82) is 0 Å². The zero-order valence-electron chi connectivity index (χ0n) is 12.3. The molecule has 0 saturated heterocycles. The zero-order valence-corrected chi connectivity index (χ0v) is 13.0. The van der Waals surface area contributed by atoms with E-state index in [1.54, 1.807) is 0 Å². The zero-order chi connectivity index (χ0) is 14.3. The predicted molar refractivity (Wildman–Crippen MR) is 80.4 cm³/mol. The van der Waals surface area contributed by atoms with E-state index in [4.69, 9.17) is 21.1 Å². The van der Waals surface area contributed by atoms with Gasteiger partial charge in [0.2, 0.25) is 0 Å².